The highest BCUT2D eigenvalue weighted by molar-refractivity contribution is 5.64. The molecular formula is C8H14N3O2+. The molecule has 0 amide bonds. The van der Waals surface area contributed by atoms with Crippen molar-refractivity contribution in [3.05, 3.63) is 17.0 Å². The van der Waals surface area contributed by atoms with Crippen LogP contribution in [0.2, 0.25) is 0 Å². The van der Waals surface area contributed by atoms with Gasteiger partial charge in [0.2, 0.25) is 0 Å². The van der Waals surface area contributed by atoms with Crippen molar-refractivity contribution in [2.75, 3.05) is 0 Å². The molecule has 0 aromatic rings. The van der Waals surface area contributed by atoms with Crippen molar-refractivity contribution < 1.29 is 9.90 Å². The number of nitrogens with zero attached hydrogens (tertiary/aromatic N) is 1. The summed E-state index contributed by atoms with van der Waals surface area (Å²) < 4.78 is 0. The zero-order valence-corrected chi connectivity index (χ0v) is 7.21. The molecule has 0 bridgehead atoms. The molecule has 0 rings (SSSR count). The van der Waals surface area contributed by atoms with Crippen molar-refractivity contribution in [1.29, 1.82) is 0 Å². The quantitative estimate of drug-likeness (QED) is 0.292. The first-order chi connectivity index (χ1) is 6.11. The predicted molar refractivity (Wildman–Crippen MR) is 50.1 cm³/mol. The lowest BCUT2D eigenvalue weighted by molar-refractivity contribution is -0.104. The van der Waals surface area contributed by atoms with Crippen molar-refractivity contribution in [1.82, 2.24) is 0 Å². The summed E-state index contributed by atoms with van der Waals surface area (Å²) in [5.41, 5.74) is 10.7. The van der Waals surface area contributed by atoms with Crippen LogP contribution in [0.25, 0.3) is 4.85 Å². The summed E-state index contributed by atoms with van der Waals surface area (Å²) in [7, 11) is 0. The topological polar surface area (TPSA) is 93.7 Å². The van der Waals surface area contributed by atoms with E-state index >= 15 is 0 Å². The molecule has 0 fully saturated rings. The number of hydrogen-bond acceptors (Lipinski definition) is 4. The summed E-state index contributed by atoms with van der Waals surface area (Å²) in [6, 6.07) is -0.994. The molecule has 0 radical (unpaired) electrons. The van der Waals surface area contributed by atoms with Gasteiger partial charge in [0.25, 0.3) is 6.57 Å². The van der Waals surface area contributed by atoms with Crippen LogP contribution in [0.5, 0.6) is 0 Å². The molecule has 0 aromatic heterocycles. The smallest absolute Gasteiger partial charge is 0.312 e. The van der Waals surface area contributed by atoms with Crippen LogP contribution in [0.1, 0.15) is 6.42 Å². The van der Waals surface area contributed by atoms with E-state index in [9.17, 15) is 4.79 Å². The Hall–Kier alpha value is -1.22. The molecule has 0 saturated carbocycles. The lowest BCUT2D eigenvalue weighted by Gasteiger charge is -2.07. The summed E-state index contributed by atoms with van der Waals surface area (Å²) in [5, 5.41) is 8.94. The zero-order chi connectivity index (χ0) is 10.3. The molecule has 0 saturated heterocycles. The zero-order valence-electron chi connectivity index (χ0n) is 7.21. The maximum absolute atomic E-state index is 9.93. The van der Waals surface area contributed by atoms with Crippen molar-refractivity contribution >= 4 is 6.29 Å². The lowest BCUT2D eigenvalue weighted by Crippen LogP contribution is -2.36. The third kappa shape index (κ3) is 5.09. The maximum Gasteiger partial charge on any atom is 0.312 e. The van der Waals surface area contributed by atoms with Gasteiger partial charge in [-0.25, -0.2) is 0 Å². The highest BCUT2D eigenvalue weighted by atomic mass is 16.3. The number of aliphatic hydroxyl groups excluding tert-OH is 1. The Balaban J connectivity index is 4.02. The largest absolute Gasteiger partial charge is 0.371 e. The lowest BCUT2D eigenvalue weighted by atomic mass is 10.1. The molecule has 5 nitrogen and oxygen atoms in total. The van der Waals surface area contributed by atoms with E-state index in [1.807, 2.05) is 0 Å². The van der Waals surface area contributed by atoms with Crippen LogP contribution >= 0.6 is 0 Å². The number of aliphatic hydroxyl groups is 1. The fourth-order valence-corrected chi connectivity index (χ4v) is 0.834. The fourth-order valence-electron chi connectivity index (χ4n) is 0.834. The minimum absolute atomic E-state index is 0.304. The molecule has 5 heteroatoms. The molecule has 0 aliphatic heterocycles. The van der Waals surface area contributed by atoms with Gasteiger partial charge in [-0.15, -0.1) is 0 Å². The van der Waals surface area contributed by atoms with Gasteiger partial charge in [0.05, 0.1) is 6.42 Å². The van der Waals surface area contributed by atoms with Crippen LogP contribution in [0.4, 0.5) is 0 Å². The Morgan fingerprint density at radius 1 is 1.54 bits per heavy atom. The second kappa shape index (κ2) is 6.31. The van der Waals surface area contributed by atoms with E-state index in [1.165, 1.54) is 12.2 Å². The van der Waals surface area contributed by atoms with Gasteiger partial charge >= 0.3 is 6.04 Å². The highest BCUT2D eigenvalue weighted by Gasteiger charge is 2.25. The first kappa shape index (κ1) is 11.8. The Kier molecular flexibility index (Phi) is 5.72. The maximum atomic E-state index is 9.93. The van der Waals surface area contributed by atoms with Gasteiger partial charge in [-0.05, 0) is 6.08 Å². The molecule has 0 aliphatic rings. The summed E-state index contributed by atoms with van der Waals surface area (Å²) in [5.74, 6) is 0. The first-order valence-corrected chi connectivity index (χ1v) is 3.83. The summed E-state index contributed by atoms with van der Waals surface area (Å²) in [6.07, 6.45) is 2.57. The van der Waals surface area contributed by atoms with E-state index in [0.29, 0.717) is 12.7 Å². The summed E-state index contributed by atoms with van der Waals surface area (Å²) in [4.78, 5) is 13.3. The second-order valence-electron chi connectivity index (χ2n) is 2.63. The van der Waals surface area contributed by atoms with Crippen molar-refractivity contribution in [3.8, 4) is 6.57 Å². The monoisotopic (exact) mass is 184 g/mol. The molecule has 5 N–H and O–H groups in total. The van der Waals surface area contributed by atoms with Crippen LogP contribution in [0.3, 0.4) is 0 Å². The van der Waals surface area contributed by atoms with E-state index in [4.69, 9.17) is 23.1 Å². The fraction of sp³-hybridized carbons (Fsp3) is 0.500. The predicted octanol–water partition coefficient (Wildman–Crippen LogP) is -0.933. The molecule has 3 unspecified atom stereocenters. The minimum atomic E-state index is -1.12. The van der Waals surface area contributed by atoms with Gasteiger partial charge < -0.3 is 10.8 Å². The molecule has 72 valence electrons. The van der Waals surface area contributed by atoms with E-state index in [2.05, 4.69) is 4.85 Å². The van der Waals surface area contributed by atoms with Gasteiger partial charge in [0.1, 0.15) is 6.29 Å². The van der Waals surface area contributed by atoms with Crippen molar-refractivity contribution in [3.63, 3.8) is 0 Å². The summed E-state index contributed by atoms with van der Waals surface area (Å²) >= 11 is 0. The van der Waals surface area contributed by atoms with E-state index < -0.39 is 12.3 Å². The number of allylic oxidation sites excluding steroid dienone is 1. The SMILES string of the molecule is C#[N+]C(CC(N)/C=C/C=O)C(N)O. The van der Waals surface area contributed by atoms with E-state index in [0.717, 1.165) is 0 Å². The average molecular weight is 184 g/mol. The molecule has 0 aromatic carbocycles. The third-order valence-electron chi connectivity index (χ3n) is 1.54. The number of carbonyl (C=O) groups is 1. The molecule has 0 heterocycles. The van der Waals surface area contributed by atoms with Crippen LogP contribution < -0.4 is 11.5 Å². The second-order valence-corrected chi connectivity index (χ2v) is 2.63. The summed E-state index contributed by atoms with van der Waals surface area (Å²) in [6.45, 7) is 4.99. The van der Waals surface area contributed by atoms with Crippen LogP contribution in [-0.2, 0) is 4.79 Å². The highest BCUT2D eigenvalue weighted by Crippen LogP contribution is 2.04. The van der Waals surface area contributed by atoms with Gasteiger partial charge in [-0.2, -0.15) is 0 Å². The Morgan fingerprint density at radius 2 is 2.15 bits per heavy atom. The van der Waals surface area contributed by atoms with Gasteiger partial charge in [0.15, 0.2) is 6.23 Å². The average Bonchev–Trinajstić information content (AvgIpc) is 2.10. The molecular weight excluding hydrogens is 170 g/mol. The third-order valence-corrected chi connectivity index (χ3v) is 1.54. The minimum Gasteiger partial charge on any atom is -0.371 e. The van der Waals surface area contributed by atoms with E-state index in [1.54, 1.807) is 0 Å². The molecule has 13 heavy (non-hydrogen) atoms. The van der Waals surface area contributed by atoms with Crippen LogP contribution in [-0.4, -0.2) is 29.7 Å². The Bertz CT molecular complexity index is 220. The standard InChI is InChI=1S/C8H14N3O2/c1-11-7(8(10)13)5-6(9)3-2-4-12/h1-4,6-8,13H,5,9-10H2/q+1/b3-2+. The normalized spacial score (nSPS) is 17.7. The Morgan fingerprint density at radius 3 is 2.54 bits per heavy atom. The Labute approximate surface area is 76.8 Å². The van der Waals surface area contributed by atoms with Gasteiger partial charge in [-0.3, -0.25) is 10.5 Å². The van der Waals surface area contributed by atoms with Crippen molar-refractivity contribution in [2.24, 2.45) is 11.5 Å². The number of aldehydes is 1. The first-order valence-electron chi connectivity index (χ1n) is 3.83. The van der Waals surface area contributed by atoms with Gasteiger partial charge in [0, 0.05) is 6.04 Å². The number of carbonyl (C=O) groups excluding carboxylic acids is 1. The van der Waals surface area contributed by atoms with Gasteiger partial charge in [-0.1, -0.05) is 10.9 Å². The number of nitrogens with two attached hydrogens (primary N) is 2. The molecule has 0 spiro atoms. The van der Waals surface area contributed by atoms with Crippen LogP contribution in [0.15, 0.2) is 12.2 Å². The molecule has 3 atom stereocenters. The van der Waals surface area contributed by atoms with E-state index in [-0.39, 0.29) is 6.04 Å². The molecule has 0 aliphatic carbocycles. The number of rotatable bonds is 5. The van der Waals surface area contributed by atoms with Crippen LogP contribution in [0, 0.1) is 6.57 Å². The van der Waals surface area contributed by atoms with Crippen molar-refractivity contribution in [2.45, 2.75) is 24.7 Å². The number of hydrogen-bond donors (Lipinski definition) is 3.